The van der Waals surface area contributed by atoms with E-state index in [1.807, 2.05) is 25.1 Å². The molecule has 0 fully saturated rings. The van der Waals surface area contributed by atoms with Crippen LogP contribution in [0.3, 0.4) is 0 Å². The van der Waals surface area contributed by atoms with Crippen molar-refractivity contribution in [2.45, 2.75) is 20.3 Å². The number of benzene rings is 1. The average Bonchev–Trinajstić information content (AvgIpc) is 2.45. The highest BCUT2D eigenvalue weighted by Crippen LogP contribution is 2.12. The average molecular weight is 277 g/mol. The third kappa shape index (κ3) is 5.51. The highest BCUT2D eigenvalue weighted by atomic mass is 16.5. The summed E-state index contributed by atoms with van der Waals surface area (Å²) in [6, 6.07) is 7.30. The van der Waals surface area contributed by atoms with Gasteiger partial charge in [0, 0.05) is 6.54 Å². The first kappa shape index (κ1) is 15.7. The van der Waals surface area contributed by atoms with Crippen molar-refractivity contribution in [1.82, 2.24) is 10.7 Å². The van der Waals surface area contributed by atoms with Gasteiger partial charge in [0.1, 0.15) is 5.75 Å². The fourth-order valence-corrected chi connectivity index (χ4v) is 1.36. The molecule has 2 amide bonds. The first-order valence-corrected chi connectivity index (χ1v) is 6.51. The van der Waals surface area contributed by atoms with E-state index in [1.165, 1.54) is 6.21 Å². The second-order valence-corrected chi connectivity index (χ2v) is 3.98. The van der Waals surface area contributed by atoms with Crippen LogP contribution in [-0.4, -0.2) is 31.2 Å². The summed E-state index contributed by atoms with van der Waals surface area (Å²) in [5.74, 6) is -0.753. The molecule has 1 aromatic carbocycles. The van der Waals surface area contributed by atoms with Crippen LogP contribution in [0.1, 0.15) is 25.8 Å². The molecule has 0 radical (unpaired) electrons. The summed E-state index contributed by atoms with van der Waals surface area (Å²) in [5, 5.41) is 6.11. The van der Waals surface area contributed by atoms with Gasteiger partial charge in [0.05, 0.1) is 12.8 Å². The van der Waals surface area contributed by atoms with Crippen LogP contribution in [0.2, 0.25) is 0 Å². The Morgan fingerprint density at radius 3 is 2.80 bits per heavy atom. The monoisotopic (exact) mass is 277 g/mol. The molecule has 0 saturated carbocycles. The zero-order valence-corrected chi connectivity index (χ0v) is 11.7. The molecule has 6 nitrogen and oxygen atoms in total. The van der Waals surface area contributed by atoms with Crippen LogP contribution >= 0.6 is 0 Å². The van der Waals surface area contributed by atoms with Crippen LogP contribution < -0.4 is 15.5 Å². The van der Waals surface area contributed by atoms with Crippen LogP contribution in [0, 0.1) is 0 Å². The summed E-state index contributed by atoms with van der Waals surface area (Å²) in [5.41, 5.74) is 2.93. The van der Waals surface area contributed by atoms with Crippen molar-refractivity contribution in [1.29, 1.82) is 0 Å². The van der Waals surface area contributed by atoms with Gasteiger partial charge in [-0.25, -0.2) is 5.43 Å². The lowest BCUT2D eigenvalue weighted by Crippen LogP contribution is -2.37. The number of ether oxygens (including phenoxy) is 1. The molecule has 1 aromatic rings. The Kier molecular flexibility index (Phi) is 6.81. The van der Waals surface area contributed by atoms with Gasteiger partial charge in [0.2, 0.25) is 0 Å². The van der Waals surface area contributed by atoms with Crippen molar-refractivity contribution in [3.8, 4) is 5.75 Å². The Balaban J connectivity index is 2.53. The van der Waals surface area contributed by atoms with Crippen molar-refractivity contribution in [2.75, 3.05) is 13.2 Å². The predicted octanol–water partition coefficient (Wildman–Crippen LogP) is 1.06. The first-order chi connectivity index (χ1) is 9.67. The van der Waals surface area contributed by atoms with Crippen molar-refractivity contribution < 1.29 is 14.3 Å². The maximum atomic E-state index is 11.3. The van der Waals surface area contributed by atoms with Gasteiger partial charge in [-0.2, -0.15) is 5.10 Å². The van der Waals surface area contributed by atoms with E-state index < -0.39 is 11.8 Å². The van der Waals surface area contributed by atoms with Gasteiger partial charge in [-0.05, 0) is 31.0 Å². The molecule has 2 N–H and O–H groups in total. The maximum absolute atomic E-state index is 11.3. The third-order valence-corrected chi connectivity index (χ3v) is 2.25. The molecule has 1 rings (SSSR count). The minimum atomic E-state index is -0.790. The minimum absolute atomic E-state index is 0.396. The van der Waals surface area contributed by atoms with Crippen LogP contribution in [0.5, 0.6) is 5.75 Å². The fraction of sp³-hybridized carbons (Fsp3) is 0.357. The molecule has 0 bridgehead atoms. The third-order valence-electron chi connectivity index (χ3n) is 2.25. The van der Waals surface area contributed by atoms with Gasteiger partial charge in [0.25, 0.3) is 0 Å². The summed E-state index contributed by atoms with van der Waals surface area (Å²) in [7, 11) is 0. The minimum Gasteiger partial charge on any atom is -0.494 e. The number of hydrazone groups is 1. The fourth-order valence-electron chi connectivity index (χ4n) is 1.36. The standard InChI is InChI=1S/C14H19N3O3/c1-3-8-20-12-7-5-6-11(9-12)10-16-17-14(19)13(18)15-4-2/h5-7,9-10H,3-4,8H2,1-2H3,(H,15,18)(H,17,19)/b16-10-. The Hall–Kier alpha value is -2.37. The first-order valence-electron chi connectivity index (χ1n) is 6.51. The predicted molar refractivity (Wildman–Crippen MR) is 76.6 cm³/mol. The van der Waals surface area contributed by atoms with E-state index in [2.05, 4.69) is 15.8 Å². The number of likely N-dealkylation sites (N-methyl/N-ethyl adjacent to an activating group) is 1. The molecule has 0 spiro atoms. The van der Waals surface area contributed by atoms with Crippen molar-refractivity contribution in [2.24, 2.45) is 5.10 Å². The zero-order valence-electron chi connectivity index (χ0n) is 11.7. The molecule has 0 aromatic heterocycles. The number of hydrogen-bond acceptors (Lipinski definition) is 4. The number of carbonyl (C=O) groups excluding carboxylic acids is 2. The quantitative estimate of drug-likeness (QED) is 0.463. The van der Waals surface area contributed by atoms with Crippen LogP contribution in [-0.2, 0) is 9.59 Å². The number of nitrogens with one attached hydrogen (secondary N) is 2. The van der Waals surface area contributed by atoms with E-state index in [4.69, 9.17) is 4.74 Å². The summed E-state index contributed by atoms with van der Waals surface area (Å²) in [4.78, 5) is 22.4. The second kappa shape index (κ2) is 8.68. The SMILES string of the molecule is CCCOc1cccc(/C=N\NC(=O)C(=O)NCC)c1. The largest absolute Gasteiger partial charge is 0.494 e. The number of amides is 2. The lowest BCUT2D eigenvalue weighted by Gasteiger charge is -2.04. The summed E-state index contributed by atoms with van der Waals surface area (Å²) < 4.78 is 5.48. The lowest BCUT2D eigenvalue weighted by molar-refractivity contribution is -0.139. The van der Waals surface area contributed by atoms with Gasteiger partial charge in [-0.1, -0.05) is 19.1 Å². The Bertz CT molecular complexity index is 486. The topological polar surface area (TPSA) is 79.8 Å². The molecular formula is C14H19N3O3. The molecular weight excluding hydrogens is 258 g/mol. The Morgan fingerprint density at radius 1 is 1.30 bits per heavy atom. The van der Waals surface area contributed by atoms with Crippen molar-refractivity contribution in [3.05, 3.63) is 29.8 Å². The van der Waals surface area contributed by atoms with Gasteiger partial charge >= 0.3 is 11.8 Å². The van der Waals surface area contributed by atoms with Crippen molar-refractivity contribution >= 4 is 18.0 Å². The summed E-state index contributed by atoms with van der Waals surface area (Å²) in [6.45, 7) is 4.81. The van der Waals surface area contributed by atoms with Gasteiger partial charge in [-0.3, -0.25) is 9.59 Å². The van der Waals surface area contributed by atoms with Gasteiger partial charge in [0.15, 0.2) is 0 Å². The normalized spacial score (nSPS) is 10.3. The number of rotatable bonds is 6. The number of hydrogen-bond donors (Lipinski definition) is 2. The molecule has 0 aliphatic carbocycles. The molecule has 108 valence electrons. The van der Waals surface area contributed by atoms with Gasteiger partial charge < -0.3 is 10.1 Å². The van der Waals surface area contributed by atoms with E-state index in [9.17, 15) is 9.59 Å². The molecule has 0 aliphatic heterocycles. The molecule has 0 atom stereocenters. The van der Waals surface area contributed by atoms with Gasteiger partial charge in [-0.15, -0.1) is 0 Å². The lowest BCUT2D eigenvalue weighted by atomic mass is 10.2. The highest BCUT2D eigenvalue weighted by molar-refractivity contribution is 6.35. The number of carbonyl (C=O) groups is 2. The molecule has 6 heteroatoms. The molecule has 0 heterocycles. The van der Waals surface area contributed by atoms with Crippen LogP contribution in [0.4, 0.5) is 0 Å². The summed E-state index contributed by atoms with van der Waals surface area (Å²) in [6.07, 6.45) is 2.39. The van der Waals surface area contributed by atoms with E-state index in [-0.39, 0.29) is 0 Å². The number of nitrogens with zero attached hydrogens (tertiary/aromatic N) is 1. The maximum Gasteiger partial charge on any atom is 0.329 e. The van der Waals surface area contributed by atoms with Crippen molar-refractivity contribution in [3.63, 3.8) is 0 Å². The van der Waals surface area contributed by atoms with E-state index >= 15 is 0 Å². The highest BCUT2D eigenvalue weighted by Gasteiger charge is 2.09. The second-order valence-electron chi connectivity index (χ2n) is 3.98. The molecule has 0 unspecified atom stereocenters. The van der Waals surface area contributed by atoms with Crippen LogP contribution in [0.25, 0.3) is 0 Å². The molecule has 0 saturated heterocycles. The van der Waals surface area contributed by atoms with Crippen LogP contribution in [0.15, 0.2) is 29.4 Å². The molecule has 0 aliphatic rings. The van der Waals surface area contributed by atoms with E-state index in [1.54, 1.807) is 13.0 Å². The van der Waals surface area contributed by atoms with E-state index in [0.717, 1.165) is 17.7 Å². The molecule has 20 heavy (non-hydrogen) atoms. The van der Waals surface area contributed by atoms with E-state index in [0.29, 0.717) is 13.2 Å². The smallest absolute Gasteiger partial charge is 0.329 e. The summed E-state index contributed by atoms with van der Waals surface area (Å²) >= 11 is 0. The Morgan fingerprint density at radius 2 is 2.10 bits per heavy atom. The Labute approximate surface area is 118 Å². The zero-order chi connectivity index (χ0) is 14.8.